The van der Waals surface area contributed by atoms with Gasteiger partial charge in [0, 0.05) is 0 Å². The lowest BCUT2D eigenvalue weighted by Gasteiger charge is -2.11. The summed E-state index contributed by atoms with van der Waals surface area (Å²) in [7, 11) is 0. The number of nitrogens with zero attached hydrogens (tertiary/aromatic N) is 2. The molecule has 0 aliphatic heterocycles. The minimum Gasteiger partial charge on any atom is -0.295 e. The van der Waals surface area contributed by atoms with Crippen LogP contribution in [0.4, 0.5) is 4.39 Å². The average Bonchev–Trinajstić information content (AvgIpc) is 2.78. The minimum absolute atomic E-state index is 0.331. The van der Waals surface area contributed by atoms with Crippen molar-refractivity contribution in [3.63, 3.8) is 0 Å². The van der Waals surface area contributed by atoms with Gasteiger partial charge in [-0.2, -0.15) is 0 Å². The Morgan fingerprint density at radius 1 is 1.14 bits per heavy atom. The van der Waals surface area contributed by atoms with Gasteiger partial charge >= 0.3 is 0 Å². The van der Waals surface area contributed by atoms with Gasteiger partial charge in [-0.25, -0.2) is 9.37 Å². The maximum atomic E-state index is 13.5. The molecule has 0 bridgehead atoms. The first-order valence-corrected chi connectivity index (χ1v) is 7.44. The third-order valence-corrected chi connectivity index (χ3v) is 4.06. The Balaban J connectivity index is 2.38. The van der Waals surface area contributed by atoms with Crippen LogP contribution >= 0.6 is 34.8 Å². The van der Waals surface area contributed by atoms with E-state index in [4.69, 9.17) is 34.8 Å². The molecule has 0 aliphatic carbocycles. The van der Waals surface area contributed by atoms with Crippen molar-refractivity contribution < 1.29 is 4.39 Å². The van der Waals surface area contributed by atoms with Crippen LogP contribution in [0.3, 0.4) is 0 Å². The summed E-state index contributed by atoms with van der Waals surface area (Å²) in [4.78, 5) is 4.49. The van der Waals surface area contributed by atoms with Crippen molar-refractivity contribution in [3.05, 3.63) is 58.1 Å². The van der Waals surface area contributed by atoms with Gasteiger partial charge in [-0.05, 0) is 37.3 Å². The molecule has 0 saturated heterocycles. The van der Waals surface area contributed by atoms with Crippen molar-refractivity contribution in [2.24, 2.45) is 0 Å². The van der Waals surface area contributed by atoms with E-state index in [1.807, 2.05) is 6.92 Å². The standard InChI is InChI=1S/C15H10Cl3FN2/c1-8(16)15-20-13-6-11(17)12(18)7-14(13)21(15)10-4-2-3-9(19)5-10/h2-8H,1H3. The predicted molar refractivity (Wildman–Crippen MR) is 85.3 cm³/mol. The minimum atomic E-state index is -0.349. The van der Waals surface area contributed by atoms with Gasteiger partial charge in [0.25, 0.3) is 0 Å². The number of aromatic nitrogens is 2. The Morgan fingerprint density at radius 3 is 2.52 bits per heavy atom. The summed E-state index contributed by atoms with van der Waals surface area (Å²) in [6.45, 7) is 1.81. The van der Waals surface area contributed by atoms with E-state index < -0.39 is 0 Å². The van der Waals surface area contributed by atoms with Crippen LogP contribution in [0.15, 0.2) is 36.4 Å². The SMILES string of the molecule is CC(Cl)c1nc2cc(Cl)c(Cl)cc2n1-c1cccc(F)c1. The van der Waals surface area contributed by atoms with Crippen molar-refractivity contribution in [3.8, 4) is 5.69 Å². The molecule has 0 fully saturated rings. The molecule has 1 unspecified atom stereocenters. The van der Waals surface area contributed by atoms with E-state index in [1.165, 1.54) is 12.1 Å². The lowest BCUT2D eigenvalue weighted by molar-refractivity contribution is 0.626. The Morgan fingerprint density at radius 2 is 1.86 bits per heavy atom. The van der Waals surface area contributed by atoms with Crippen LogP contribution in [0.2, 0.25) is 10.0 Å². The molecule has 1 heterocycles. The third kappa shape index (κ3) is 2.61. The predicted octanol–water partition coefficient (Wildman–Crippen LogP) is 5.77. The molecular weight excluding hydrogens is 334 g/mol. The second kappa shape index (κ2) is 5.48. The van der Waals surface area contributed by atoms with Crippen molar-refractivity contribution >= 4 is 45.8 Å². The summed E-state index contributed by atoms with van der Waals surface area (Å²) < 4.78 is 15.3. The molecule has 0 N–H and O–H groups in total. The van der Waals surface area contributed by atoms with Gasteiger partial charge in [-0.3, -0.25) is 4.57 Å². The summed E-state index contributed by atoms with van der Waals surface area (Å²) in [6, 6.07) is 9.62. The molecule has 6 heteroatoms. The largest absolute Gasteiger partial charge is 0.295 e. The van der Waals surface area contributed by atoms with E-state index in [9.17, 15) is 4.39 Å². The number of alkyl halides is 1. The topological polar surface area (TPSA) is 17.8 Å². The maximum absolute atomic E-state index is 13.5. The number of fused-ring (bicyclic) bond motifs is 1. The molecule has 108 valence electrons. The van der Waals surface area contributed by atoms with Gasteiger partial charge in [-0.15, -0.1) is 11.6 Å². The van der Waals surface area contributed by atoms with Crippen LogP contribution < -0.4 is 0 Å². The van der Waals surface area contributed by atoms with Crippen molar-refractivity contribution in [2.45, 2.75) is 12.3 Å². The summed E-state index contributed by atoms with van der Waals surface area (Å²) >= 11 is 18.3. The highest BCUT2D eigenvalue weighted by molar-refractivity contribution is 6.42. The maximum Gasteiger partial charge on any atom is 0.132 e. The zero-order chi connectivity index (χ0) is 15.1. The highest BCUT2D eigenvalue weighted by Crippen LogP contribution is 2.33. The Bertz CT molecular complexity index is 827. The second-order valence-electron chi connectivity index (χ2n) is 4.66. The summed E-state index contributed by atoms with van der Waals surface area (Å²) in [5.41, 5.74) is 2.03. The first-order chi connectivity index (χ1) is 9.97. The monoisotopic (exact) mass is 342 g/mol. The molecule has 3 rings (SSSR count). The first-order valence-electron chi connectivity index (χ1n) is 6.25. The fourth-order valence-electron chi connectivity index (χ4n) is 2.24. The van der Waals surface area contributed by atoms with E-state index in [0.29, 0.717) is 27.1 Å². The van der Waals surface area contributed by atoms with E-state index in [2.05, 4.69) is 4.98 Å². The quantitative estimate of drug-likeness (QED) is 0.540. The Labute approximate surface area is 136 Å². The van der Waals surface area contributed by atoms with E-state index >= 15 is 0 Å². The zero-order valence-corrected chi connectivity index (χ0v) is 13.2. The number of hydrogen-bond donors (Lipinski definition) is 0. The average molecular weight is 344 g/mol. The first kappa shape index (κ1) is 14.6. The number of benzene rings is 2. The van der Waals surface area contributed by atoms with Gasteiger partial charge in [-0.1, -0.05) is 29.3 Å². The molecule has 3 aromatic rings. The van der Waals surface area contributed by atoms with Crippen LogP contribution in [-0.2, 0) is 0 Å². The molecule has 2 aromatic carbocycles. The summed E-state index contributed by atoms with van der Waals surface area (Å²) in [6.07, 6.45) is 0. The van der Waals surface area contributed by atoms with Gasteiger partial charge in [0.15, 0.2) is 0 Å². The normalized spacial score (nSPS) is 12.8. The van der Waals surface area contributed by atoms with Gasteiger partial charge in [0.1, 0.15) is 11.6 Å². The van der Waals surface area contributed by atoms with Gasteiger partial charge in [0.2, 0.25) is 0 Å². The van der Waals surface area contributed by atoms with Crippen LogP contribution in [-0.4, -0.2) is 9.55 Å². The molecule has 1 atom stereocenters. The fraction of sp³-hybridized carbons (Fsp3) is 0.133. The lowest BCUT2D eigenvalue weighted by atomic mass is 10.2. The molecule has 0 saturated carbocycles. The molecular formula is C15H10Cl3FN2. The van der Waals surface area contributed by atoms with E-state index in [0.717, 1.165) is 5.52 Å². The second-order valence-corrected chi connectivity index (χ2v) is 6.13. The number of rotatable bonds is 2. The van der Waals surface area contributed by atoms with Crippen LogP contribution in [0.5, 0.6) is 0 Å². The summed E-state index contributed by atoms with van der Waals surface area (Å²) in [5.74, 6) is 0.276. The molecule has 0 aliphatic rings. The number of imidazole rings is 1. The van der Waals surface area contributed by atoms with Gasteiger partial charge in [0.05, 0.1) is 32.1 Å². The third-order valence-electron chi connectivity index (χ3n) is 3.14. The zero-order valence-electron chi connectivity index (χ0n) is 10.9. The summed E-state index contributed by atoms with van der Waals surface area (Å²) in [5, 5.41) is 0.482. The van der Waals surface area contributed by atoms with Crippen LogP contribution in [0.25, 0.3) is 16.7 Å². The van der Waals surface area contributed by atoms with E-state index in [-0.39, 0.29) is 11.2 Å². The molecule has 2 nitrogen and oxygen atoms in total. The molecule has 0 spiro atoms. The lowest BCUT2D eigenvalue weighted by Crippen LogP contribution is -2.02. The van der Waals surface area contributed by atoms with Crippen molar-refractivity contribution in [1.29, 1.82) is 0 Å². The molecule has 0 radical (unpaired) electrons. The fourth-order valence-corrected chi connectivity index (χ4v) is 2.71. The number of hydrogen-bond acceptors (Lipinski definition) is 1. The smallest absolute Gasteiger partial charge is 0.132 e. The van der Waals surface area contributed by atoms with Crippen LogP contribution in [0.1, 0.15) is 18.1 Å². The molecule has 21 heavy (non-hydrogen) atoms. The van der Waals surface area contributed by atoms with Gasteiger partial charge < -0.3 is 0 Å². The van der Waals surface area contributed by atoms with Crippen LogP contribution in [0, 0.1) is 5.82 Å². The highest BCUT2D eigenvalue weighted by Gasteiger charge is 2.18. The van der Waals surface area contributed by atoms with E-state index in [1.54, 1.807) is 28.8 Å². The number of halogens is 4. The Hall–Kier alpha value is -1.29. The molecule has 1 aromatic heterocycles. The molecule has 0 amide bonds. The highest BCUT2D eigenvalue weighted by atomic mass is 35.5. The van der Waals surface area contributed by atoms with Crippen molar-refractivity contribution in [1.82, 2.24) is 9.55 Å². The van der Waals surface area contributed by atoms with Crippen molar-refractivity contribution in [2.75, 3.05) is 0 Å². The Kier molecular flexibility index (Phi) is 3.82.